The quantitative estimate of drug-likeness (QED) is 0.843. The van der Waals surface area contributed by atoms with Crippen molar-refractivity contribution in [2.75, 3.05) is 26.7 Å². The van der Waals surface area contributed by atoms with Crippen LogP contribution in [0.5, 0.6) is 5.75 Å². The molecule has 120 valence electrons. The van der Waals surface area contributed by atoms with E-state index in [9.17, 15) is 8.42 Å². The fraction of sp³-hybridized carbons (Fsp3) is 0.538. The van der Waals surface area contributed by atoms with Crippen LogP contribution in [0.1, 0.15) is 12.8 Å². The van der Waals surface area contributed by atoms with Crippen LogP contribution < -0.4 is 10.5 Å². The van der Waals surface area contributed by atoms with Crippen molar-refractivity contribution < 1.29 is 13.2 Å². The van der Waals surface area contributed by atoms with Crippen LogP contribution in [0.25, 0.3) is 0 Å². The lowest BCUT2D eigenvalue weighted by Gasteiger charge is -2.31. The Hall–Kier alpha value is -0.340. The molecule has 1 aromatic rings. The number of halogens is 2. The Labute approximate surface area is 140 Å². The zero-order valence-electron chi connectivity index (χ0n) is 11.8. The summed E-state index contributed by atoms with van der Waals surface area (Å²) in [5, 5.41) is 0. The van der Waals surface area contributed by atoms with Crippen molar-refractivity contribution in [1.82, 2.24) is 4.31 Å². The molecule has 1 saturated heterocycles. The van der Waals surface area contributed by atoms with Gasteiger partial charge in [-0.25, -0.2) is 8.42 Å². The Kier molecular flexibility index (Phi) is 6.93. The van der Waals surface area contributed by atoms with Gasteiger partial charge in [-0.2, -0.15) is 4.31 Å². The van der Waals surface area contributed by atoms with Gasteiger partial charge in [0.15, 0.2) is 0 Å². The van der Waals surface area contributed by atoms with Gasteiger partial charge in [0, 0.05) is 17.6 Å². The second-order valence-corrected chi connectivity index (χ2v) is 7.72. The highest BCUT2D eigenvalue weighted by molar-refractivity contribution is 9.10. The van der Waals surface area contributed by atoms with Gasteiger partial charge in [0.2, 0.25) is 10.0 Å². The fourth-order valence-corrected chi connectivity index (χ4v) is 4.68. The maximum Gasteiger partial charge on any atom is 0.246 e. The van der Waals surface area contributed by atoms with E-state index in [0.29, 0.717) is 29.9 Å². The summed E-state index contributed by atoms with van der Waals surface area (Å²) in [6.07, 6.45) is 1.83. The lowest BCUT2D eigenvalue weighted by atomic mass is 10.0. The van der Waals surface area contributed by atoms with Crippen LogP contribution in [0.3, 0.4) is 0 Å². The number of hydrogen-bond acceptors (Lipinski definition) is 4. The highest BCUT2D eigenvalue weighted by atomic mass is 79.9. The topological polar surface area (TPSA) is 72.6 Å². The molecule has 8 heteroatoms. The molecule has 0 radical (unpaired) electrons. The predicted octanol–water partition coefficient (Wildman–Crippen LogP) is 2.24. The zero-order valence-corrected chi connectivity index (χ0v) is 15.0. The van der Waals surface area contributed by atoms with Crippen molar-refractivity contribution in [3.8, 4) is 5.75 Å². The van der Waals surface area contributed by atoms with E-state index in [4.69, 9.17) is 10.5 Å². The summed E-state index contributed by atoms with van der Waals surface area (Å²) in [6.45, 7) is 1.53. The van der Waals surface area contributed by atoms with Crippen LogP contribution in [0.15, 0.2) is 27.6 Å². The third-order valence-corrected chi connectivity index (χ3v) is 5.94. The molecule has 0 aromatic heterocycles. The van der Waals surface area contributed by atoms with Crippen LogP contribution in [0, 0.1) is 5.92 Å². The Morgan fingerprint density at radius 1 is 1.48 bits per heavy atom. The third kappa shape index (κ3) is 4.10. The number of ether oxygens (including phenoxy) is 1. The van der Waals surface area contributed by atoms with Crippen LogP contribution in [-0.4, -0.2) is 39.5 Å². The Morgan fingerprint density at radius 3 is 2.81 bits per heavy atom. The molecule has 21 heavy (non-hydrogen) atoms. The number of nitrogens with zero attached hydrogens (tertiary/aromatic N) is 1. The zero-order chi connectivity index (χ0) is 14.8. The summed E-state index contributed by atoms with van der Waals surface area (Å²) in [6, 6.07) is 5.00. The van der Waals surface area contributed by atoms with Gasteiger partial charge in [0.25, 0.3) is 0 Å². The maximum atomic E-state index is 12.8. The van der Waals surface area contributed by atoms with Crippen LogP contribution >= 0.6 is 28.3 Å². The van der Waals surface area contributed by atoms with Crippen LogP contribution in [0.4, 0.5) is 0 Å². The number of nitrogens with two attached hydrogens (primary N) is 1. The number of hydrogen-bond donors (Lipinski definition) is 1. The minimum atomic E-state index is -3.55. The molecule has 0 saturated carbocycles. The van der Waals surface area contributed by atoms with Crippen molar-refractivity contribution in [1.29, 1.82) is 0 Å². The monoisotopic (exact) mass is 398 g/mol. The summed E-state index contributed by atoms with van der Waals surface area (Å²) >= 11 is 3.31. The first-order valence-electron chi connectivity index (χ1n) is 6.52. The van der Waals surface area contributed by atoms with E-state index in [-0.39, 0.29) is 23.2 Å². The SMILES string of the molecule is COc1ccc(Br)cc1S(=O)(=O)N1CCCC(CN)C1.Cl. The fourth-order valence-electron chi connectivity index (χ4n) is 2.43. The average Bonchev–Trinajstić information content (AvgIpc) is 2.47. The molecule has 5 nitrogen and oxygen atoms in total. The Balaban J connectivity index is 0.00000220. The van der Waals surface area contributed by atoms with E-state index in [1.165, 1.54) is 11.4 Å². The van der Waals surface area contributed by atoms with Crippen molar-refractivity contribution >= 4 is 38.4 Å². The number of methoxy groups -OCH3 is 1. The minimum Gasteiger partial charge on any atom is -0.495 e. The maximum absolute atomic E-state index is 12.8. The molecule has 0 spiro atoms. The molecule has 1 unspecified atom stereocenters. The number of benzene rings is 1. The largest absolute Gasteiger partial charge is 0.495 e. The van der Waals surface area contributed by atoms with E-state index >= 15 is 0 Å². The molecule has 0 aliphatic carbocycles. The lowest BCUT2D eigenvalue weighted by molar-refractivity contribution is 0.270. The first-order valence-corrected chi connectivity index (χ1v) is 8.76. The normalized spacial score (nSPS) is 19.9. The van der Waals surface area contributed by atoms with Crippen LogP contribution in [0.2, 0.25) is 0 Å². The molecular weight excluding hydrogens is 380 g/mol. The second-order valence-electron chi connectivity index (χ2n) is 4.90. The molecule has 0 amide bonds. The van der Waals surface area contributed by atoms with Gasteiger partial charge in [-0.15, -0.1) is 12.4 Å². The summed E-state index contributed by atoms with van der Waals surface area (Å²) in [5.41, 5.74) is 5.67. The highest BCUT2D eigenvalue weighted by Gasteiger charge is 2.31. The van der Waals surface area contributed by atoms with E-state index < -0.39 is 10.0 Å². The molecule has 0 bridgehead atoms. The van der Waals surface area contributed by atoms with Gasteiger partial charge in [-0.05, 0) is 43.5 Å². The molecular formula is C13H20BrClN2O3S. The van der Waals surface area contributed by atoms with Crippen LogP contribution in [-0.2, 0) is 10.0 Å². The standard InChI is InChI=1S/C13H19BrN2O3S.ClH/c1-19-12-5-4-11(14)7-13(12)20(17,18)16-6-2-3-10(8-15)9-16;/h4-5,7,10H,2-3,6,8-9,15H2,1H3;1H. The van der Waals surface area contributed by atoms with Gasteiger partial charge in [0.05, 0.1) is 7.11 Å². The Bertz CT molecular complexity index is 583. The van der Waals surface area contributed by atoms with Gasteiger partial charge >= 0.3 is 0 Å². The first-order chi connectivity index (χ1) is 9.48. The van der Waals surface area contributed by atoms with E-state index in [1.807, 2.05) is 0 Å². The van der Waals surface area contributed by atoms with Crippen molar-refractivity contribution in [3.05, 3.63) is 22.7 Å². The minimum absolute atomic E-state index is 0. The predicted molar refractivity (Wildman–Crippen MR) is 88.5 cm³/mol. The first kappa shape index (κ1) is 18.7. The number of rotatable bonds is 4. The van der Waals surface area contributed by atoms with E-state index in [0.717, 1.165) is 12.8 Å². The smallest absolute Gasteiger partial charge is 0.246 e. The molecule has 2 rings (SSSR count). The van der Waals surface area contributed by atoms with Gasteiger partial charge in [-0.3, -0.25) is 0 Å². The second kappa shape index (κ2) is 7.78. The molecule has 1 atom stereocenters. The molecule has 1 aliphatic heterocycles. The molecule has 1 fully saturated rings. The molecule has 2 N–H and O–H groups in total. The van der Waals surface area contributed by atoms with E-state index in [2.05, 4.69) is 15.9 Å². The van der Waals surface area contributed by atoms with Crippen molar-refractivity contribution in [3.63, 3.8) is 0 Å². The average molecular weight is 400 g/mol. The van der Waals surface area contributed by atoms with Crippen molar-refractivity contribution in [2.24, 2.45) is 11.7 Å². The number of piperidine rings is 1. The summed E-state index contributed by atoms with van der Waals surface area (Å²) < 4.78 is 32.9. The third-order valence-electron chi connectivity index (χ3n) is 3.56. The molecule has 1 heterocycles. The summed E-state index contributed by atoms with van der Waals surface area (Å²) in [4.78, 5) is 0.201. The molecule has 1 aliphatic rings. The number of sulfonamides is 1. The van der Waals surface area contributed by atoms with Gasteiger partial charge in [-0.1, -0.05) is 15.9 Å². The Morgan fingerprint density at radius 2 is 2.19 bits per heavy atom. The highest BCUT2D eigenvalue weighted by Crippen LogP contribution is 2.31. The molecule has 1 aromatic carbocycles. The lowest BCUT2D eigenvalue weighted by Crippen LogP contribution is -2.42. The van der Waals surface area contributed by atoms with Gasteiger partial charge < -0.3 is 10.5 Å². The van der Waals surface area contributed by atoms with E-state index in [1.54, 1.807) is 18.2 Å². The summed E-state index contributed by atoms with van der Waals surface area (Å²) in [7, 11) is -2.07. The summed E-state index contributed by atoms with van der Waals surface area (Å²) in [5.74, 6) is 0.597. The van der Waals surface area contributed by atoms with Gasteiger partial charge in [0.1, 0.15) is 10.6 Å². The van der Waals surface area contributed by atoms with Crippen molar-refractivity contribution in [2.45, 2.75) is 17.7 Å².